The lowest BCUT2D eigenvalue weighted by Crippen LogP contribution is -2.33. The van der Waals surface area contributed by atoms with Gasteiger partial charge >= 0.3 is 7.12 Å². The highest BCUT2D eigenvalue weighted by molar-refractivity contribution is 6.62. The van der Waals surface area contributed by atoms with Crippen LogP contribution < -0.4 is 5.46 Å². The minimum Gasteiger partial charge on any atom is -0.534 e. The summed E-state index contributed by atoms with van der Waals surface area (Å²) in [6.07, 6.45) is 7.08. The van der Waals surface area contributed by atoms with Gasteiger partial charge in [-0.2, -0.15) is 5.10 Å². The summed E-state index contributed by atoms with van der Waals surface area (Å²) < 4.78 is 19.0. The molecule has 0 saturated carbocycles. The van der Waals surface area contributed by atoms with Crippen molar-refractivity contribution in [3.05, 3.63) is 24.7 Å². The smallest absolute Gasteiger partial charge is 0.534 e. The first-order valence-electron chi connectivity index (χ1n) is 6.76. The normalized spacial score (nSPS) is 26.5. The van der Waals surface area contributed by atoms with E-state index < -0.39 is 12.7 Å². The molecule has 2 aliphatic heterocycles. The minimum absolute atomic E-state index is 0.0418. The van der Waals surface area contributed by atoms with Crippen molar-refractivity contribution < 1.29 is 14.0 Å². The van der Waals surface area contributed by atoms with E-state index in [2.05, 4.69) is 11.7 Å². The molecule has 3 heterocycles. The molecule has 2 aliphatic rings. The zero-order chi connectivity index (χ0) is 13.5. The summed E-state index contributed by atoms with van der Waals surface area (Å²) in [6.45, 7) is 8.58. The van der Waals surface area contributed by atoms with Gasteiger partial charge in [0.05, 0.1) is 12.0 Å². The van der Waals surface area contributed by atoms with Gasteiger partial charge in [0.1, 0.15) is 11.8 Å². The van der Waals surface area contributed by atoms with Gasteiger partial charge in [0, 0.05) is 18.3 Å². The highest BCUT2D eigenvalue weighted by Gasteiger charge is 2.43. The van der Waals surface area contributed by atoms with Crippen LogP contribution in [0.25, 0.3) is 0 Å². The standard InChI is InChI=1S/C13H19BN2O3/c1-10-13(2,3)19-14(18-10)11-8-15-16(9-11)12-6-4-5-7-17-12/h8-9,12H,1,4-7H2,2-3H3. The van der Waals surface area contributed by atoms with Crippen LogP contribution in [0.15, 0.2) is 24.7 Å². The first kappa shape index (κ1) is 12.8. The molecule has 1 aromatic heterocycles. The molecule has 19 heavy (non-hydrogen) atoms. The van der Waals surface area contributed by atoms with Gasteiger partial charge < -0.3 is 14.0 Å². The molecular weight excluding hydrogens is 243 g/mol. The summed E-state index contributed by atoms with van der Waals surface area (Å²) in [5.74, 6) is 0.652. The molecule has 0 radical (unpaired) electrons. The number of aromatic nitrogens is 2. The van der Waals surface area contributed by atoms with E-state index in [1.165, 1.54) is 6.42 Å². The van der Waals surface area contributed by atoms with Crippen molar-refractivity contribution >= 4 is 12.6 Å². The molecule has 0 spiro atoms. The van der Waals surface area contributed by atoms with Crippen molar-refractivity contribution in [2.75, 3.05) is 6.61 Å². The van der Waals surface area contributed by atoms with E-state index >= 15 is 0 Å². The molecule has 2 saturated heterocycles. The van der Waals surface area contributed by atoms with Crippen LogP contribution in [0.3, 0.4) is 0 Å². The maximum Gasteiger partial charge on any atom is 0.566 e. The Morgan fingerprint density at radius 3 is 2.95 bits per heavy atom. The summed E-state index contributed by atoms with van der Waals surface area (Å²) in [5.41, 5.74) is 0.453. The second-order valence-corrected chi connectivity index (χ2v) is 5.58. The first-order chi connectivity index (χ1) is 9.06. The second-order valence-electron chi connectivity index (χ2n) is 5.58. The molecular formula is C13H19BN2O3. The van der Waals surface area contributed by atoms with E-state index in [1.54, 1.807) is 6.20 Å². The van der Waals surface area contributed by atoms with Crippen molar-refractivity contribution in [3.8, 4) is 0 Å². The number of rotatable bonds is 2. The van der Waals surface area contributed by atoms with Crippen LogP contribution in [-0.4, -0.2) is 29.1 Å². The third kappa shape index (κ3) is 2.42. The van der Waals surface area contributed by atoms with Gasteiger partial charge in [-0.25, -0.2) is 4.68 Å². The molecule has 0 bridgehead atoms. The summed E-state index contributed by atoms with van der Waals surface area (Å²) in [4.78, 5) is 0. The van der Waals surface area contributed by atoms with Gasteiger partial charge in [-0.1, -0.05) is 6.58 Å². The Balaban J connectivity index is 1.73. The van der Waals surface area contributed by atoms with Crippen molar-refractivity contribution in [2.24, 2.45) is 0 Å². The maximum absolute atomic E-state index is 5.83. The highest BCUT2D eigenvalue weighted by Crippen LogP contribution is 2.29. The van der Waals surface area contributed by atoms with Crippen LogP contribution in [0, 0.1) is 0 Å². The second kappa shape index (κ2) is 4.69. The maximum atomic E-state index is 5.83. The zero-order valence-electron chi connectivity index (χ0n) is 11.5. The molecule has 1 aromatic rings. The fourth-order valence-corrected chi connectivity index (χ4v) is 2.33. The van der Waals surface area contributed by atoms with E-state index in [0.717, 1.165) is 24.9 Å². The van der Waals surface area contributed by atoms with Crippen LogP contribution in [0.5, 0.6) is 0 Å². The zero-order valence-corrected chi connectivity index (χ0v) is 11.5. The highest BCUT2D eigenvalue weighted by atomic mass is 16.7. The van der Waals surface area contributed by atoms with Crippen molar-refractivity contribution in [1.82, 2.24) is 9.78 Å². The Hall–Kier alpha value is -1.27. The van der Waals surface area contributed by atoms with E-state index in [1.807, 2.05) is 24.7 Å². The van der Waals surface area contributed by atoms with E-state index in [-0.39, 0.29) is 6.23 Å². The topological polar surface area (TPSA) is 45.5 Å². The van der Waals surface area contributed by atoms with E-state index in [4.69, 9.17) is 14.0 Å². The number of ether oxygens (including phenoxy) is 1. The molecule has 2 fully saturated rings. The summed E-state index contributed by atoms with van der Waals surface area (Å²) in [6, 6.07) is 0. The fourth-order valence-electron chi connectivity index (χ4n) is 2.33. The van der Waals surface area contributed by atoms with Crippen molar-refractivity contribution in [3.63, 3.8) is 0 Å². The van der Waals surface area contributed by atoms with Gasteiger partial charge in [0.2, 0.25) is 0 Å². The quantitative estimate of drug-likeness (QED) is 0.760. The Bertz CT molecular complexity index is 480. The molecule has 0 amide bonds. The van der Waals surface area contributed by atoms with Gasteiger partial charge in [-0.15, -0.1) is 0 Å². The SMILES string of the molecule is C=C1OB(c2cnn(C3CCCCO3)c2)OC1(C)C. The Kier molecular flexibility index (Phi) is 3.15. The van der Waals surface area contributed by atoms with E-state index in [9.17, 15) is 0 Å². The molecule has 1 atom stereocenters. The van der Waals surface area contributed by atoms with Crippen LogP contribution in [0.2, 0.25) is 0 Å². The van der Waals surface area contributed by atoms with Crippen LogP contribution >= 0.6 is 0 Å². The van der Waals surface area contributed by atoms with Gasteiger partial charge in [-0.3, -0.25) is 0 Å². The molecule has 0 N–H and O–H groups in total. The molecule has 0 aliphatic carbocycles. The predicted molar refractivity (Wildman–Crippen MR) is 71.8 cm³/mol. The van der Waals surface area contributed by atoms with Crippen molar-refractivity contribution in [2.45, 2.75) is 44.9 Å². The first-order valence-corrected chi connectivity index (χ1v) is 6.76. The average molecular weight is 262 g/mol. The Morgan fingerprint density at radius 2 is 2.32 bits per heavy atom. The third-order valence-corrected chi connectivity index (χ3v) is 3.67. The Morgan fingerprint density at radius 1 is 1.47 bits per heavy atom. The largest absolute Gasteiger partial charge is 0.566 e. The average Bonchev–Trinajstić information content (AvgIpc) is 2.97. The molecule has 1 unspecified atom stereocenters. The fraction of sp³-hybridized carbons (Fsp3) is 0.615. The van der Waals surface area contributed by atoms with Crippen LogP contribution in [0.1, 0.15) is 39.3 Å². The Labute approximate surface area is 113 Å². The lowest BCUT2D eigenvalue weighted by Gasteiger charge is -2.22. The van der Waals surface area contributed by atoms with Crippen LogP contribution in [0.4, 0.5) is 0 Å². The summed E-state index contributed by atoms with van der Waals surface area (Å²) in [5, 5.41) is 4.36. The lowest BCUT2D eigenvalue weighted by atomic mass is 9.82. The number of hydrogen-bond donors (Lipinski definition) is 0. The number of nitrogens with zero attached hydrogens (tertiary/aromatic N) is 2. The van der Waals surface area contributed by atoms with Gasteiger partial charge in [-0.05, 0) is 33.1 Å². The summed E-state index contributed by atoms with van der Waals surface area (Å²) >= 11 is 0. The van der Waals surface area contributed by atoms with Crippen molar-refractivity contribution in [1.29, 1.82) is 0 Å². The third-order valence-electron chi connectivity index (χ3n) is 3.67. The predicted octanol–water partition coefficient (Wildman–Crippen LogP) is 1.62. The van der Waals surface area contributed by atoms with Gasteiger partial charge in [0.15, 0.2) is 0 Å². The number of hydrogen-bond acceptors (Lipinski definition) is 4. The molecule has 5 nitrogen and oxygen atoms in total. The molecule has 0 aromatic carbocycles. The monoisotopic (exact) mass is 262 g/mol. The van der Waals surface area contributed by atoms with Crippen LogP contribution in [-0.2, 0) is 14.0 Å². The minimum atomic E-state index is -0.450. The molecule has 102 valence electrons. The van der Waals surface area contributed by atoms with Gasteiger partial charge in [0.25, 0.3) is 0 Å². The molecule has 6 heteroatoms. The van der Waals surface area contributed by atoms with E-state index in [0.29, 0.717) is 5.76 Å². The summed E-state index contributed by atoms with van der Waals surface area (Å²) in [7, 11) is -0.417. The lowest BCUT2D eigenvalue weighted by molar-refractivity contribution is -0.0394. The molecule has 3 rings (SSSR count).